The number of methoxy groups -OCH3 is 1. The van der Waals surface area contributed by atoms with Gasteiger partial charge in [0, 0.05) is 25.8 Å². The van der Waals surface area contributed by atoms with Crippen molar-refractivity contribution in [2.75, 3.05) is 20.2 Å². The molecule has 0 unspecified atom stereocenters. The van der Waals surface area contributed by atoms with Crippen molar-refractivity contribution in [3.8, 4) is 0 Å². The third kappa shape index (κ3) is 3.82. The Bertz CT molecular complexity index is 604. The van der Waals surface area contributed by atoms with Crippen LogP contribution in [0.4, 0.5) is 13.2 Å². The Morgan fingerprint density at radius 1 is 1.35 bits per heavy atom. The lowest BCUT2D eigenvalue weighted by molar-refractivity contribution is -0.182. The molecule has 0 radical (unpaired) electrons. The zero-order valence-corrected chi connectivity index (χ0v) is 12.5. The molecule has 0 bridgehead atoms. The number of hydrogen-bond acceptors (Lipinski definition) is 3. The van der Waals surface area contributed by atoms with Gasteiger partial charge in [-0.05, 0) is 17.7 Å². The summed E-state index contributed by atoms with van der Waals surface area (Å²) in [6.45, 7) is -0.604. The number of rotatable bonds is 4. The lowest BCUT2D eigenvalue weighted by Crippen LogP contribution is -2.37. The highest BCUT2D eigenvalue weighted by atomic mass is 19.4. The fourth-order valence-corrected chi connectivity index (χ4v) is 2.73. The lowest BCUT2D eigenvalue weighted by atomic mass is 9.95. The largest absolute Gasteiger partial charge is 0.394 e. The number of ether oxygens (including phenoxy) is 1. The fourth-order valence-electron chi connectivity index (χ4n) is 2.73. The minimum Gasteiger partial charge on any atom is -0.380 e. The van der Waals surface area contributed by atoms with Gasteiger partial charge in [0.05, 0.1) is 18.4 Å². The summed E-state index contributed by atoms with van der Waals surface area (Å²) in [6.07, 6.45) is -4.58. The van der Waals surface area contributed by atoms with E-state index in [1.807, 2.05) is 0 Å². The van der Waals surface area contributed by atoms with Crippen molar-refractivity contribution >= 4 is 11.8 Å². The molecule has 0 spiro atoms. The van der Waals surface area contributed by atoms with E-state index in [-0.39, 0.29) is 18.7 Å². The second kappa shape index (κ2) is 6.57. The quantitative estimate of drug-likeness (QED) is 0.911. The Hall–Kier alpha value is -2.09. The van der Waals surface area contributed by atoms with Gasteiger partial charge in [-0.25, -0.2) is 0 Å². The van der Waals surface area contributed by atoms with E-state index in [1.54, 1.807) is 18.2 Å². The van der Waals surface area contributed by atoms with Crippen LogP contribution in [-0.2, 0) is 16.1 Å². The number of amides is 2. The topological polar surface area (TPSA) is 72.6 Å². The summed E-state index contributed by atoms with van der Waals surface area (Å²) in [6, 6.07) is 6.45. The van der Waals surface area contributed by atoms with Gasteiger partial charge in [0.25, 0.3) is 5.91 Å². The van der Waals surface area contributed by atoms with Crippen LogP contribution in [0.5, 0.6) is 0 Å². The number of halogens is 3. The molecule has 1 aliphatic rings. The van der Waals surface area contributed by atoms with Gasteiger partial charge >= 0.3 is 6.18 Å². The third-order valence-electron chi connectivity index (χ3n) is 3.88. The maximum absolute atomic E-state index is 13.0. The van der Waals surface area contributed by atoms with Crippen molar-refractivity contribution in [2.24, 2.45) is 17.6 Å². The molecule has 1 saturated heterocycles. The van der Waals surface area contributed by atoms with Crippen LogP contribution in [0.2, 0.25) is 0 Å². The highest BCUT2D eigenvalue weighted by Crippen LogP contribution is 2.37. The van der Waals surface area contributed by atoms with Crippen LogP contribution >= 0.6 is 0 Å². The number of primary amides is 1. The maximum atomic E-state index is 13.0. The predicted molar refractivity (Wildman–Crippen MR) is 75.3 cm³/mol. The molecule has 1 aromatic rings. The number of likely N-dealkylation sites (tertiary alicyclic amines) is 1. The fraction of sp³-hybridized carbons (Fsp3) is 0.467. The normalized spacial score (nSPS) is 21.5. The summed E-state index contributed by atoms with van der Waals surface area (Å²) in [5.41, 5.74) is 6.04. The molecular weight excluding hydrogens is 313 g/mol. The highest BCUT2D eigenvalue weighted by Gasteiger charge is 2.52. The summed E-state index contributed by atoms with van der Waals surface area (Å²) in [5.74, 6) is -4.94. The molecule has 126 valence electrons. The lowest BCUT2D eigenvalue weighted by Gasteiger charge is -2.18. The zero-order chi connectivity index (χ0) is 17.2. The molecule has 2 N–H and O–H groups in total. The molecule has 0 saturated carbocycles. The number of alkyl halides is 3. The first-order valence-electron chi connectivity index (χ1n) is 6.97. The third-order valence-corrected chi connectivity index (χ3v) is 3.88. The van der Waals surface area contributed by atoms with Crippen LogP contribution in [0.25, 0.3) is 0 Å². The van der Waals surface area contributed by atoms with Crippen molar-refractivity contribution < 1.29 is 27.5 Å². The first kappa shape index (κ1) is 17.3. The SMILES string of the molecule is COCc1cccc(C(=O)N2C[C@@H](C(F)(F)F)[C@H](C(N)=O)C2)c1. The number of nitrogens with zero attached hydrogens (tertiary/aromatic N) is 1. The molecule has 1 aliphatic heterocycles. The van der Waals surface area contributed by atoms with Gasteiger partial charge in [-0.2, -0.15) is 13.2 Å². The minimum absolute atomic E-state index is 0.255. The van der Waals surface area contributed by atoms with Crippen molar-refractivity contribution in [1.82, 2.24) is 4.90 Å². The molecule has 1 aromatic carbocycles. The molecule has 0 aliphatic carbocycles. The summed E-state index contributed by atoms with van der Waals surface area (Å²) >= 11 is 0. The average molecular weight is 330 g/mol. The van der Waals surface area contributed by atoms with E-state index < -0.39 is 36.4 Å². The van der Waals surface area contributed by atoms with Crippen molar-refractivity contribution in [2.45, 2.75) is 12.8 Å². The van der Waals surface area contributed by atoms with Crippen LogP contribution in [0.1, 0.15) is 15.9 Å². The minimum atomic E-state index is -4.58. The number of hydrogen-bond donors (Lipinski definition) is 1. The van der Waals surface area contributed by atoms with Crippen LogP contribution in [0, 0.1) is 11.8 Å². The van der Waals surface area contributed by atoms with Gasteiger partial charge in [0.2, 0.25) is 5.91 Å². The molecule has 2 amide bonds. The summed E-state index contributed by atoms with van der Waals surface area (Å²) < 4.78 is 44.0. The highest BCUT2D eigenvalue weighted by molar-refractivity contribution is 5.95. The van der Waals surface area contributed by atoms with Crippen LogP contribution in [0.3, 0.4) is 0 Å². The first-order valence-corrected chi connectivity index (χ1v) is 6.97. The van der Waals surface area contributed by atoms with Gasteiger partial charge in [0.15, 0.2) is 0 Å². The van der Waals surface area contributed by atoms with E-state index in [2.05, 4.69) is 0 Å². The predicted octanol–water partition coefficient (Wildman–Crippen LogP) is 1.57. The van der Waals surface area contributed by atoms with Crippen LogP contribution in [0.15, 0.2) is 24.3 Å². The van der Waals surface area contributed by atoms with Gasteiger partial charge in [-0.3, -0.25) is 9.59 Å². The molecule has 1 fully saturated rings. The number of nitrogens with two attached hydrogens (primary N) is 1. The number of benzene rings is 1. The molecule has 8 heteroatoms. The van der Waals surface area contributed by atoms with E-state index in [0.29, 0.717) is 0 Å². The van der Waals surface area contributed by atoms with Gasteiger partial charge in [-0.15, -0.1) is 0 Å². The second-order valence-corrected chi connectivity index (χ2v) is 5.50. The molecule has 23 heavy (non-hydrogen) atoms. The van der Waals surface area contributed by atoms with E-state index in [4.69, 9.17) is 10.5 Å². The molecule has 2 rings (SSSR count). The Morgan fingerprint density at radius 2 is 2.04 bits per heavy atom. The number of carbonyl (C=O) groups excluding carboxylic acids is 2. The van der Waals surface area contributed by atoms with E-state index in [9.17, 15) is 22.8 Å². The first-order chi connectivity index (χ1) is 10.7. The Kier molecular flexibility index (Phi) is 4.93. The van der Waals surface area contributed by atoms with E-state index >= 15 is 0 Å². The summed E-state index contributed by atoms with van der Waals surface area (Å²) in [7, 11) is 1.50. The molecule has 2 atom stereocenters. The average Bonchev–Trinajstić information content (AvgIpc) is 2.92. The van der Waals surface area contributed by atoms with Crippen LogP contribution in [-0.4, -0.2) is 43.1 Å². The second-order valence-electron chi connectivity index (χ2n) is 5.50. The summed E-state index contributed by atoms with van der Waals surface area (Å²) in [5, 5.41) is 0. The molecule has 5 nitrogen and oxygen atoms in total. The van der Waals surface area contributed by atoms with Gasteiger partial charge in [-0.1, -0.05) is 12.1 Å². The van der Waals surface area contributed by atoms with E-state index in [0.717, 1.165) is 10.5 Å². The molecular formula is C15H17F3N2O3. The smallest absolute Gasteiger partial charge is 0.380 e. The molecule has 0 aromatic heterocycles. The molecule has 1 heterocycles. The Labute approximate surface area is 131 Å². The van der Waals surface area contributed by atoms with Gasteiger partial charge < -0.3 is 15.4 Å². The maximum Gasteiger partial charge on any atom is 0.394 e. The Morgan fingerprint density at radius 3 is 2.57 bits per heavy atom. The Balaban J connectivity index is 2.20. The van der Waals surface area contributed by atoms with Crippen LogP contribution < -0.4 is 5.73 Å². The van der Waals surface area contributed by atoms with Crippen molar-refractivity contribution in [3.63, 3.8) is 0 Å². The van der Waals surface area contributed by atoms with Gasteiger partial charge in [0.1, 0.15) is 0 Å². The monoisotopic (exact) mass is 330 g/mol. The van der Waals surface area contributed by atoms with Crippen molar-refractivity contribution in [3.05, 3.63) is 35.4 Å². The number of carbonyl (C=O) groups is 2. The van der Waals surface area contributed by atoms with Crippen molar-refractivity contribution in [1.29, 1.82) is 0 Å². The summed E-state index contributed by atoms with van der Waals surface area (Å²) in [4.78, 5) is 24.7. The van der Waals surface area contributed by atoms with E-state index in [1.165, 1.54) is 13.2 Å². The standard InChI is InChI=1S/C15H17F3N2O3/c1-23-8-9-3-2-4-10(5-9)14(22)20-6-11(13(19)21)12(7-20)15(16,17)18/h2-5,11-12H,6-8H2,1H3,(H2,19,21)/t11-,12-/m1/s1. The zero-order valence-electron chi connectivity index (χ0n) is 12.5.